The second-order valence-electron chi connectivity index (χ2n) is 7.73. The topological polar surface area (TPSA) is 70.4 Å². The van der Waals surface area contributed by atoms with E-state index in [0.29, 0.717) is 18.6 Å². The number of hydrogen-bond acceptors (Lipinski definition) is 4. The summed E-state index contributed by atoms with van der Waals surface area (Å²) in [4.78, 5) is 7.29. The lowest BCUT2D eigenvalue weighted by atomic mass is 10.1. The Morgan fingerprint density at radius 2 is 1.93 bits per heavy atom. The fourth-order valence-electron chi connectivity index (χ4n) is 3.60. The van der Waals surface area contributed by atoms with Gasteiger partial charge in [0.1, 0.15) is 12.4 Å². The third-order valence-electron chi connectivity index (χ3n) is 5.65. The van der Waals surface area contributed by atoms with Crippen molar-refractivity contribution in [2.75, 3.05) is 19.6 Å². The van der Waals surface area contributed by atoms with Crippen LogP contribution in [0, 0.1) is 6.92 Å². The van der Waals surface area contributed by atoms with Gasteiger partial charge in [0.15, 0.2) is 11.8 Å². The molecule has 1 atom stereocenters. The molecular weight excluding hydrogens is 465 g/mol. The highest BCUT2D eigenvalue weighted by atomic mass is 127. The van der Waals surface area contributed by atoms with Gasteiger partial charge in [-0.1, -0.05) is 26.7 Å². The molecule has 2 N–H and O–H groups in total. The van der Waals surface area contributed by atoms with Crippen LogP contribution in [0.15, 0.2) is 4.99 Å². The maximum atomic E-state index is 4.81. The molecule has 8 heteroatoms. The molecule has 1 fully saturated rings. The lowest BCUT2D eigenvalue weighted by Crippen LogP contribution is -2.46. The van der Waals surface area contributed by atoms with E-state index in [2.05, 4.69) is 46.5 Å². The predicted octanol–water partition coefficient (Wildman–Crippen LogP) is 3.23. The second kappa shape index (κ2) is 13.3. The molecule has 1 aromatic heterocycles. The molecule has 0 aromatic carbocycles. The van der Waals surface area contributed by atoms with Crippen LogP contribution in [0.2, 0.25) is 0 Å². The summed E-state index contributed by atoms with van der Waals surface area (Å²) in [5.41, 5.74) is 0. The van der Waals surface area contributed by atoms with Crippen LogP contribution in [0.4, 0.5) is 0 Å². The molecule has 7 nitrogen and oxygen atoms in total. The number of aryl methyl sites for hydroxylation is 1. The van der Waals surface area contributed by atoms with Crippen LogP contribution < -0.4 is 10.6 Å². The van der Waals surface area contributed by atoms with Crippen LogP contribution in [-0.2, 0) is 13.6 Å². The highest BCUT2D eigenvalue weighted by molar-refractivity contribution is 14.0. The lowest BCUT2D eigenvalue weighted by Gasteiger charge is -2.23. The zero-order valence-electron chi connectivity index (χ0n) is 18.4. The average Bonchev–Trinajstić information content (AvgIpc) is 3.28. The zero-order valence-corrected chi connectivity index (χ0v) is 20.7. The smallest absolute Gasteiger partial charge is 0.192 e. The van der Waals surface area contributed by atoms with Gasteiger partial charge in [0.2, 0.25) is 0 Å². The minimum Gasteiger partial charge on any atom is -0.354 e. The van der Waals surface area contributed by atoms with Crippen molar-refractivity contribution in [1.29, 1.82) is 0 Å². The van der Waals surface area contributed by atoms with Gasteiger partial charge >= 0.3 is 0 Å². The van der Waals surface area contributed by atoms with Crippen molar-refractivity contribution in [3.8, 4) is 0 Å². The van der Waals surface area contributed by atoms with Crippen LogP contribution in [0.5, 0.6) is 0 Å². The summed E-state index contributed by atoms with van der Waals surface area (Å²) in [5.74, 6) is 2.73. The molecule has 1 heterocycles. The van der Waals surface area contributed by atoms with Crippen molar-refractivity contribution in [1.82, 2.24) is 30.3 Å². The summed E-state index contributed by atoms with van der Waals surface area (Å²) in [6.07, 6.45) is 7.44. The molecule has 0 amide bonds. The van der Waals surface area contributed by atoms with Gasteiger partial charge in [-0.3, -0.25) is 0 Å². The molecule has 0 spiro atoms. The number of nitrogens with zero attached hydrogens (tertiary/aromatic N) is 5. The van der Waals surface area contributed by atoms with Crippen molar-refractivity contribution in [3.05, 3.63) is 11.6 Å². The second-order valence-corrected chi connectivity index (χ2v) is 7.73. The fraction of sp³-hybridized carbons (Fsp3) is 0.850. The highest BCUT2D eigenvalue weighted by Crippen LogP contribution is 2.17. The Hall–Kier alpha value is -0.900. The van der Waals surface area contributed by atoms with Gasteiger partial charge in [-0.15, -0.1) is 34.2 Å². The number of guanidine groups is 1. The Morgan fingerprint density at radius 3 is 2.50 bits per heavy atom. The van der Waals surface area contributed by atoms with Crippen LogP contribution in [0.1, 0.15) is 70.9 Å². The number of rotatable bonds is 10. The maximum absolute atomic E-state index is 4.81. The van der Waals surface area contributed by atoms with Crippen molar-refractivity contribution >= 4 is 29.9 Å². The summed E-state index contributed by atoms with van der Waals surface area (Å²) in [6.45, 7) is 12.7. The predicted molar refractivity (Wildman–Crippen MR) is 127 cm³/mol. The zero-order chi connectivity index (χ0) is 19.6. The van der Waals surface area contributed by atoms with Gasteiger partial charge in [0.25, 0.3) is 0 Å². The first-order chi connectivity index (χ1) is 13.0. The molecule has 1 aliphatic carbocycles. The third kappa shape index (κ3) is 8.23. The molecule has 0 bridgehead atoms. The number of halogens is 1. The first-order valence-electron chi connectivity index (χ1n) is 10.7. The largest absolute Gasteiger partial charge is 0.354 e. The lowest BCUT2D eigenvalue weighted by molar-refractivity contribution is 0.292. The van der Waals surface area contributed by atoms with E-state index >= 15 is 0 Å². The molecule has 0 radical (unpaired) electrons. The van der Waals surface area contributed by atoms with Gasteiger partial charge in [0, 0.05) is 19.1 Å². The van der Waals surface area contributed by atoms with Crippen molar-refractivity contribution in [2.45, 2.75) is 84.8 Å². The molecule has 0 aliphatic heterocycles. The number of aliphatic imine (C=N–C) groups is 1. The van der Waals surface area contributed by atoms with E-state index in [1.54, 1.807) is 0 Å². The molecule has 1 saturated carbocycles. The molecule has 0 saturated heterocycles. The van der Waals surface area contributed by atoms with Crippen LogP contribution in [0.25, 0.3) is 0 Å². The average molecular weight is 505 g/mol. The number of hydrogen-bond donors (Lipinski definition) is 2. The Bertz CT molecular complexity index is 577. The molecule has 1 aromatic rings. The number of nitrogens with one attached hydrogen (secondary N) is 2. The van der Waals surface area contributed by atoms with Crippen LogP contribution in [0.3, 0.4) is 0 Å². The van der Waals surface area contributed by atoms with Crippen molar-refractivity contribution < 1.29 is 0 Å². The van der Waals surface area contributed by atoms with Gasteiger partial charge in [-0.25, -0.2) is 4.99 Å². The Balaban J connectivity index is 0.00000392. The van der Waals surface area contributed by atoms with E-state index in [1.807, 2.05) is 18.5 Å². The number of aromatic nitrogens is 3. The summed E-state index contributed by atoms with van der Waals surface area (Å²) in [5, 5.41) is 15.6. The summed E-state index contributed by atoms with van der Waals surface area (Å²) in [7, 11) is 1.99. The molecule has 1 unspecified atom stereocenters. The van der Waals surface area contributed by atoms with Crippen LogP contribution in [-0.4, -0.2) is 57.3 Å². The maximum Gasteiger partial charge on any atom is 0.192 e. The monoisotopic (exact) mass is 505 g/mol. The van der Waals surface area contributed by atoms with E-state index in [1.165, 1.54) is 38.6 Å². The molecule has 1 aliphatic rings. The normalized spacial score (nSPS) is 16.3. The SMILES string of the molecule is CCN(CC)CCCC(C)NC(=NCc1nnc(C)n1C)NC1CCCC1.I. The molecule has 28 heavy (non-hydrogen) atoms. The molecular formula is C20H40IN7. The molecule has 162 valence electrons. The Kier molecular flexibility index (Phi) is 12.0. The van der Waals surface area contributed by atoms with E-state index in [9.17, 15) is 0 Å². The Labute approximate surface area is 188 Å². The summed E-state index contributed by atoms with van der Waals surface area (Å²) in [6, 6.07) is 0.940. The van der Waals surface area contributed by atoms with Gasteiger partial charge in [-0.2, -0.15) is 0 Å². The summed E-state index contributed by atoms with van der Waals surface area (Å²) < 4.78 is 2.00. The first kappa shape index (κ1) is 25.1. The van der Waals surface area contributed by atoms with E-state index < -0.39 is 0 Å². The van der Waals surface area contributed by atoms with E-state index in [0.717, 1.165) is 37.1 Å². The summed E-state index contributed by atoms with van der Waals surface area (Å²) >= 11 is 0. The highest BCUT2D eigenvalue weighted by Gasteiger charge is 2.17. The van der Waals surface area contributed by atoms with Crippen LogP contribution >= 0.6 is 24.0 Å². The van der Waals surface area contributed by atoms with Gasteiger partial charge in [-0.05, 0) is 59.2 Å². The minimum atomic E-state index is 0. The van der Waals surface area contributed by atoms with Crippen molar-refractivity contribution in [3.63, 3.8) is 0 Å². The minimum absolute atomic E-state index is 0. The standard InChI is InChI=1S/C20H39N7.HI/c1-6-27(7-2)14-10-11-16(3)22-20(23-18-12-8-9-13-18)21-15-19-25-24-17(4)26(19)5;/h16,18H,6-15H2,1-5H3,(H2,21,22,23);1H. The first-order valence-corrected chi connectivity index (χ1v) is 10.7. The van der Waals surface area contributed by atoms with Gasteiger partial charge < -0.3 is 20.1 Å². The molecule has 2 rings (SSSR count). The van der Waals surface area contributed by atoms with E-state index in [4.69, 9.17) is 4.99 Å². The van der Waals surface area contributed by atoms with E-state index in [-0.39, 0.29) is 24.0 Å². The van der Waals surface area contributed by atoms with Crippen molar-refractivity contribution in [2.24, 2.45) is 12.0 Å². The Morgan fingerprint density at radius 1 is 1.25 bits per heavy atom. The quantitative estimate of drug-likeness (QED) is 0.290. The fourth-order valence-corrected chi connectivity index (χ4v) is 3.60. The van der Waals surface area contributed by atoms with Gasteiger partial charge in [0.05, 0.1) is 0 Å². The third-order valence-corrected chi connectivity index (χ3v) is 5.65.